The molecule has 1 aromatic carbocycles. The number of rotatable bonds is 6. The highest BCUT2D eigenvalue weighted by molar-refractivity contribution is 7.89. The van der Waals surface area contributed by atoms with Crippen LogP contribution in [0.3, 0.4) is 0 Å². The summed E-state index contributed by atoms with van der Waals surface area (Å²) in [7, 11) is -2.33. The first-order valence-corrected chi connectivity index (χ1v) is 9.42. The maximum atomic E-state index is 12.6. The zero-order valence-electron chi connectivity index (χ0n) is 14.5. The molecular weight excluding hydrogens is 362 g/mol. The van der Waals surface area contributed by atoms with Crippen LogP contribution in [0.2, 0.25) is 0 Å². The number of amides is 2. The van der Waals surface area contributed by atoms with Crippen LogP contribution in [0.5, 0.6) is 0 Å². The molecule has 1 saturated heterocycles. The number of carbonyl (C=O) groups is 3. The van der Waals surface area contributed by atoms with Gasteiger partial charge in [0.05, 0.1) is 17.4 Å². The van der Waals surface area contributed by atoms with Crippen LogP contribution in [0.15, 0.2) is 29.2 Å². The van der Waals surface area contributed by atoms with Crippen LogP contribution >= 0.6 is 0 Å². The number of hydrogen-bond donors (Lipinski definition) is 2. The number of hydrogen-bond acceptors (Lipinski definition) is 5. The smallest absolute Gasteiger partial charge is 0.308 e. The van der Waals surface area contributed by atoms with Crippen LogP contribution in [0.1, 0.15) is 17.3 Å². The van der Waals surface area contributed by atoms with Gasteiger partial charge in [0.15, 0.2) is 0 Å². The molecule has 1 heterocycles. The fourth-order valence-corrected chi connectivity index (χ4v) is 3.93. The second kappa shape index (κ2) is 7.83. The zero-order chi connectivity index (χ0) is 19.5. The molecule has 26 heavy (non-hydrogen) atoms. The zero-order valence-corrected chi connectivity index (χ0v) is 15.3. The van der Waals surface area contributed by atoms with E-state index in [0.29, 0.717) is 0 Å². The largest absolute Gasteiger partial charge is 0.481 e. The van der Waals surface area contributed by atoms with Crippen molar-refractivity contribution in [3.8, 4) is 0 Å². The first kappa shape index (κ1) is 19.9. The van der Waals surface area contributed by atoms with Gasteiger partial charge in [0.2, 0.25) is 15.9 Å². The van der Waals surface area contributed by atoms with Crippen LogP contribution in [0, 0.1) is 5.92 Å². The van der Waals surface area contributed by atoms with E-state index in [1.165, 1.54) is 43.1 Å². The maximum absolute atomic E-state index is 12.6. The number of piperazine rings is 1. The molecule has 0 radical (unpaired) electrons. The summed E-state index contributed by atoms with van der Waals surface area (Å²) in [6.45, 7) is 1.73. The number of aliphatic carboxylic acids is 1. The topological polar surface area (TPSA) is 124 Å². The van der Waals surface area contributed by atoms with E-state index in [1.807, 2.05) is 0 Å². The normalized spacial score (nSPS) is 16.6. The summed E-state index contributed by atoms with van der Waals surface area (Å²) in [6, 6.07) is 5.37. The number of carboxylic acids is 1. The van der Waals surface area contributed by atoms with E-state index in [0.717, 1.165) is 4.31 Å². The van der Waals surface area contributed by atoms with Crippen LogP contribution in [-0.4, -0.2) is 73.7 Å². The summed E-state index contributed by atoms with van der Waals surface area (Å²) in [5.41, 5.74) is 0.250. The molecular formula is C16H21N3O6S. The molecule has 0 aliphatic carbocycles. The van der Waals surface area contributed by atoms with E-state index in [9.17, 15) is 22.8 Å². The SMILES string of the molecule is CC(CN(C)C(=O)c1ccc(S(=O)(=O)N2CCNC(=O)C2)cc1)C(=O)O. The highest BCUT2D eigenvalue weighted by Crippen LogP contribution is 2.18. The minimum Gasteiger partial charge on any atom is -0.481 e. The molecule has 1 unspecified atom stereocenters. The minimum absolute atomic E-state index is 0.00897. The molecule has 1 aromatic rings. The molecule has 0 saturated carbocycles. The van der Waals surface area contributed by atoms with E-state index in [2.05, 4.69) is 5.32 Å². The Bertz CT molecular complexity index is 806. The Labute approximate surface area is 151 Å². The Morgan fingerprint density at radius 3 is 2.46 bits per heavy atom. The number of sulfonamides is 1. The van der Waals surface area contributed by atoms with Crippen molar-refractivity contribution in [1.82, 2.24) is 14.5 Å². The van der Waals surface area contributed by atoms with Gasteiger partial charge in [-0.05, 0) is 24.3 Å². The van der Waals surface area contributed by atoms with Crippen molar-refractivity contribution in [1.29, 1.82) is 0 Å². The lowest BCUT2D eigenvalue weighted by Gasteiger charge is -2.26. The highest BCUT2D eigenvalue weighted by atomic mass is 32.2. The second-order valence-electron chi connectivity index (χ2n) is 6.14. The summed E-state index contributed by atoms with van der Waals surface area (Å²) in [5.74, 6) is -2.48. The van der Waals surface area contributed by atoms with Crippen molar-refractivity contribution in [2.24, 2.45) is 5.92 Å². The summed E-state index contributed by atoms with van der Waals surface area (Å²) in [5, 5.41) is 11.5. The molecule has 1 aliphatic heterocycles. The van der Waals surface area contributed by atoms with E-state index in [1.54, 1.807) is 0 Å². The van der Waals surface area contributed by atoms with E-state index >= 15 is 0 Å². The quantitative estimate of drug-likeness (QED) is 0.689. The van der Waals surface area contributed by atoms with Crippen molar-refractivity contribution in [2.45, 2.75) is 11.8 Å². The molecule has 1 fully saturated rings. The van der Waals surface area contributed by atoms with Gasteiger partial charge in [-0.3, -0.25) is 14.4 Å². The van der Waals surface area contributed by atoms with E-state index in [-0.39, 0.29) is 42.5 Å². The van der Waals surface area contributed by atoms with Gasteiger partial charge in [-0.25, -0.2) is 8.42 Å². The molecule has 10 heteroatoms. The van der Waals surface area contributed by atoms with Gasteiger partial charge in [-0.2, -0.15) is 4.31 Å². The average molecular weight is 383 g/mol. The van der Waals surface area contributed by atoms with Gasteiger partial charge in [0.1, 0.15) is 0 Å². The average Bonchev–Trinajstić information content (AvgIpc) is 2.61. The number of benzene rings is 1. The van der Waals surface area contributed by atoms with Crippen molar-refractivity contribution in [3.63, 3.8) is 0 Å². The Morgan fingerprint density at radius 2 is 1.92 bits per heavy atom. The number of carbonyl (C=O) groups excluding carboxylic acids is 2. The van der Waals surface area contributed by atoms with Crippen molar-refractivity contribution in [2.75, 3.05) is 33.2 Å². The first-order chi connectivity index (χ1) is 12.1. The lowest BCUT2D eigenvalue weighted by molar-refractivity contribution is -0.141. The summed E-state index contributed by atoms with van der Waals surface area (Å²) >= 11 is 0. The third kappa shape index (κ3) is 4.38. The number of carboxylic acid groups (broad SMARTS) is 1. The summed E-state index contributed by atoms with van der Waals surface area (Å²) in [4.78, 5) is 35.9. The molecule has 142 valence electrons. The Hall–Kier alpha value is -2.46. The maximum Gasteiger partial charge on any atom is 0.308 e. The lowest BCUT2D eigenvalue weighted by atomic mass is 10.1. The third-order valence-corrected chi connectivity index (χ3v) is 5.92. The van der Waals surface area contributed by atoms with Gasteiger partial charge in [-0.15, -0.1) is 0 Å². The fourth-order valence-electron chi connectivity index (χ4n) is 2.53. The Morgan fingerprint density at radius 1 is 1.31 bits per heavy atom. The van der Waals surface area contributed by atoms with E-state index in [4.69, 9.17) is 5.11 Å². The highest BCUT2D eigenvalue weighted by Gasteiger charge is 2.29. The third-order valence-electron chi connectivity index (χ3n) is 4.06. The van der Waals surface area contributed by atoms with Gasteiger partial charge in [0.25, 0.3) is 5.91 Å². The minimum atomic E-state index is -3.82. The standard InChI is InChI=1S/C16H21N3O6S/c1-11(16(22)23)9-18(2)15(21)12-3-5-13(6-4-12)26(24,25)19-8-7-17-14(20)10-19/h3-6,11H,7-10H2,1-2H3,(H,17,20)(H,22,23). The predicted molar refractivity (Wildman–Crippen MR) is 92.0 cm³/mol. The molecule has 0 bridgehead atoms. The van der Waals surface area contributed by atoms with Crippen molar-refractivity contribution < 1.29 is 27.9 Å². The molecule has 0 aromatic heterocycles. The predicted octanol–water partition coefficient (Wildman–Crippen LogP) is -0.400. The van der Waals surface area contributed by atoms with E-state index < -0.39 is 27.8 Å². The first-order valence-electron chi connectivity index (χ1n) is 7.98. The van der Waals surface area contributed by atoms with Crippen LogP contribution in [0.25, 0.3) is 0 Å². The Kier molecular flexibility index (Phi) is 5.98. The van der Waals surface area contributed by atoms with Gasteiger partial charge >= 0.3 is 5.97 Å². The second-order valence-corrected chi connectivity index (χ2v) is 8.08. The van der Waals surface area contributed by atoms with Crippen LogP contribution < -0.4 is 5.32 Å². The van der Waals surface area contributed by atoms with Gasteiger partial charge in [0, 0.05) is 32.2 Å². The summed E-state index contributed by atoms with van der Waals surface area (Å²) in [6.07, 6.45) is 0. The van der Waals surface area contributed by atoms with Gasteiger partial charge < -0.3 is 15.3 Å². The molecule has 1 aliphatic rings. The van der Waals surface area contributed by atoms with Crippen molar-refractivity contribution in [3.05, 3.63) is 29.8 Å². The Balaban J connectivity index is 2.13. The number of nitrogens with one attached hydrogen (secondary N) is 1. The molecule has 0 spiro atoms. The van der Waals surface area contributed by atoms with Crippen LogP contribution in [0.4, 0.5) is 0 Å². The molecule has 1 atom stereocenters. The molecule has 2 rings (SSSR count). The summed E-state index contributed by atoms with van der Waals surface area (Å²) < 4.78 is 26.2. The van der Waals surface area contributed by atoms with Crippen LogP contribution in [-0.2, 0) is 19.6 Å². The molecule has 2 N–H and O–H groups in total. The lowest BCUT2D eigenvalue weighted by Crippen LogP contribution is -2.49. The monoisotopic (exact) mass is 383 g/mol. The fraction of sp³-hybridized carbons (Fsp3) is 0.438. The molecule has 2 amide bonds. The number of nitrogens with zero attached hydrogens (tertiary/aromatic N) is 2. The molecule has 9 nitrogen and oxygen atoms in total. The van der Waals surface area contributed by atoms with Gasteiger partial charge in [-0.1, -0.05) is 6.92 Å². The van der Waals surface area contributed by atoms with Crippen molar-refractivity contribution >= 4 is 27.8 Å².